The van der Waals surface area contributed by atoms with Crippen molar-refractivity contribution in [2.45, 2.75) is 5.92 Å². The largest absolute Gasteiger partial charge is 0.504 e. The standard InChI is InChI=1S/C26H22N6O2S/c1-32-10-9-18-19(12-27)24(31-25(35)30-17-5-3-2-4-6-17)26(14-28,15-29)23(20(18)13-32)16-7-8-21(33)22(34)11-16/h2-9,11,20,23,33-34H,10,13H2,1H3,(H2,30,31,35)/t20-,23-/m1/s1. The van der Waals surface area contributed by atoms with Crippen molar-refractivity contribution < 1.29 is 10.2 Å². The maximum atomic E-state index is 10.5. The molecule has 0 bridgehead atoms. The summed E-state index contributed by atoms with van der Waals surface area (Å²) in [6.45, 7) is 1.09. The predicted octanol–water partition coefficient (Wildman–Crippen LogP) is 3.48. The van der Waals surface area contributed by atoms with Crippen LogP contribution in [0.25, 0.3) is 0 Å². The first-order valence-corrected chi connectivity index (χ1v) is 11.3. The molecule has 174 valence electrons. The number of likely N-dealkylation sites (N-methyl/N-ethyl adjacent to an activating group) is 1. The Hall–Kier alpha value is -4.36. The number of phenolic OH excluding ortho intramolecular Hbond substituents is 2. The second-order valence-corrected chi connectivity index (χ2v) is 8.96. The maximum Gasteiger partial charge on any atom is 0.191 e. The smallest absolute Gasteiger partial charge is 0.191 e. The van der Waals surface area contributed by atoms with E-state index < -0.39 is 11.3 Å². The van der Waals surface area contributed by atoms with E-state index in [9.17, 15) is 26.0 Å². The highest BCUT2D eigenvalue weighted by Crippen LogP contribution is 2.55. The van der Waals surface area contributed by atoms with Crippen LogP contribution in [-0.4, -0.2) is 40.4 Å². The van der Waals surface area contributed by atoms with Gasteiger partial charge in [-0.25, -0.2) is 0 Å². The van der Waals surface area contributed by atoms with Crippen LogP contribution in [0, 0.1) is 45.3 Å². The highest BCUT2D eigenvalue weighted by Gasteiger charge is 2.55. The highest BCUT2D eigenvalue weighted by molar-refractivity contribution is 7.80. The lowest BCUT2D eigenvalue weighted by atomic mass is 9.58. The number of nitrogens with one attached hydrogen (secondary N) is 2. The molecule has 0 saturated heterocycles. The number of hydrogen-bond donors (Lipinski definition) is 4. The second kappa shape index (κ2) is 9.48. The Morgan fingerprint density at radius 3 is 2.40 bits per heavy atom. The average molecular weight is 483 g/mol. The molecule has 2 aliphatic rings. The summed E-state index contributed by atoms with van der Waals surface area (Å²) in [6.07, 6.45) is 1.92. The molecule has 4 N–H and O–H groups in total. The van der Waals surface area contributed by atoms with Gasteiger partial charge in [0.25, 0.3) is 0 Å². The van der Waals surface area contributed by atoms with E-state index in [1.54, 1.807) is 6.07 Å². The van der Waals surface area contributed by atoms with Crippen LogP contribution in [0.1, 0.15) is 11.5 Å². The third-order valence-corrected chi connectivity index (χ3v) is 6.63. The summed E-state index contributed by atoms with van der Waals surface area (Å²) in [5, 5.41) is 57.4. The van der Waals surface area contributed by atoms with E-state index in [-0.39, 0.29) is 33.8 Å². The normalized spacial score (nSPS) is 20.9. The van der Waals surface area contributed by atoms with Crippen molar-refractivity contribution in [2.24, 2.45) is 11.3 Å². The van der Waals surface area contributed by atoms with Gasteiger partial charge >= 0.3 is 0 Å². The maximum absolute atomic E-state index is 10.5. The van der Waals surface area contributed by atoms with Gasteiger partial charge in [-0.1, -0.05) is 30.3 Å². The van der Waals surface area contributed by atoms with E-state index in [2.05, 4.69) is 28.8 Å². The lowest BCUT2D eigenvalue weighted by Gasteiger charge is -2.46. The quantitative estimate of drug-likeness (QED) is 0.382. The fraction of sp³-hybridized carbons (Fsp3) is 0.231. The molecule has 0 saturated carbocycles. The van der Waals surface area contributed by atoms with Crippen molar-refractivity contribution in [3.8, 4) is 29.7 Å². The fourth-order valence-corrected chi connectivity index (χ4v) is 5.08. The van der Waals surface area contributed by atoms with Crippen LogP contribution in [-0.2, 0) is 0 Å². The molecule has 4 rings (SSSR count). The fourth-order valence-electron chi connectivity index (χ4n) is 4.86. The lowest BCUT2D eigenvalue weighted by Crippen LogP contribution is -2.49. The van der Waals surface area contributed by atoms with E-state index in [0.717, 1.165) is 0 Å². The van der Waals surface area contributed by atoms with Crippen LogP contribution in [0.5, 0.6) is 11.5 Å². The molecule has 8 nitrogen and oxygen atoms in total. The Kier molecular flexibility index (Phi) is 6.44. The zero-order valence-corrected chi connectivity index (χ0v) is 19.7. The van der Waals surface area contributed by atoms with Gasteiger partial charge in [-0.2, -0.15) is 15.8 Å². The zero-order chi connectivity index (χ0) is 25.2. The molecule has 2 atom stereocenters. The summed E-state index contributed by atoms with van der Waals surface area (Å²) < 4.78 is 0. The summed E-state index contributed by atoms with van der Waals surface area (Å²) >= 11 is 5.49. The van der Waals surface area contributed by atoms with E-state index >= 15 is 0 Å². The number of thiocarbonyl (C=S) groups is 1. The van der Waals surface area contributed by atoms with Crippen molar-refractivity contribution in [1.29, 1.82) is 15.8 Å². The minimum atomic E-state index is -1.82. The van der Waals surface area contributed by atoms with Gasteiger partial charge in [-0.3, -0.25) is 0 Å². The third-order valence-electron chi connectivity index (χ3n) is 6.43. The van der Waals surface area contributed by atoms with Gasteiger partial charge < -0.3 is 25.7 Å². The number of phenols is 2. The predicted molar refractivity (Wildman–Crippen MR) is 134 cm³/mol. The van der Waals surface area contributed by atoms with Gasteiger partial charge in [0.2, 0.25) is 0 Å². The van der Waals surface area contributed by atoms with E-state index in [4.69, 9.17) is 12.2 Å². The first kappa shape index (κ1) is 23.8. The minimum Gasteiger partial charge on any atom is -0.504 e. The molecule has 1 heterocycles. The molecule has 1 aliphatic carbocycles. The number of anilines is 1. The first-order valence-electron chi connectivity index (χ1n) is 10.9. The molecule has 2 aromatic carbocycles. The van der Waals surface area contributed by atoms with Gasteiger partial charge in [0.15, 0.2) is 22.0 Å². The summed E-state index contributed by atoms with van der Waals surface area (Å²) in [7, 11) is 1.92. The number of nitriles is 3. The minimum absolute atomic E-state index is 0.100. The van der Waals surface area contributed by atoms with Crippen molar-refractivity contribution in [3.63, 3.8) is 0 Å². The molecular formula is C26H22N6O2S. The third kappa shape index (κ3) is 4.18. The summed E-state index contributed by atoms with van der Waals surface area (Å²) in [4.78, 5) is 2.04. The Balaban J connectivity index is 1.90. The zero-order valence-electron chi connectivity index (χ0n) is 18.9. The Bertz CT molecular complexity index is 1350. The highest BCUT2D eigenvalue weighted by atomic mass is 32.1. The monoisotopic (exact) mass is 482 g/mol. The molecule has 0 aromatic heterocycles. The van der Waals surface area contributed by atoms with Crippen molar-refractivity contribution >= 4 is 23.0 Å². The number of para-hydroxylation sites is 1. The topological polar surface area (TPSA) is 139 Å². The summed E-state index contributed by atoms with van der Waals surface area (Å²) in [5.74, 6) is -1.79. The van der Waals surface area contributed by atoms with Gasteiger partial charge in [0.1, 0.15) is 6.07 Å². The van der Waals surface area contributed by atoms with Crippen molar-refractivity contribution in [2.75, 3.05) is 25.5 Å². The molecule has 0 amide bonds. The van der Waals surface area contributed by atoms with Crippen LogP contribution in [0.2, 0.25) is 0 Å². The van der Waals surface area contributed by atoms with Crippen LogP contribution in [0.3, 0.4) is 0 Å². The van der Waals surface area contributed by atoms with E-state index in [1.165, 1.54) is 12.1 Å². The van der Waals surface area contributed by atoms with Crippen LogP contribution in [0.4, 0.5) is 5.69 Å². The SMILES string of the molecule is CN1CC=C2C(C#N)=C(NC(=S)Nc3ccccc3)C(C#N)(C#N)[C@H](c3ccc(O)c(O)c3)[C@@H]2C1. The number of allylic oxidation sites excluding steroid dienone is 2. The van der Waals surface area contributed by atoms with Crippen molar-refractivity contribution in [3.05, 3.63) is 77.0 Å². The van der Waals surface area contributed by atoms with Crippen LogP contribution >= 0.6 is 12.2 Å². The van der Waals surface area contributed by atoms with E-state index in [0.29, 0.717) is 29.9 Å². The van der Waals surface area contributed by atoms with Gasteiger partial charge in [-0.15, -0.1) is 0 Å². The lowest BCUT2D eigenvalue weighted by molar-refractivity contribution is 0.235. The van der Waals surface area contributed by atoms with Crippen molar-refractivity contribution in [1.82, 2.24) is 10.2 Å². The summed E-state index contributed by atoms with van der Waals surface area (Å²) in [6, 6.07) is 20.0. The molecule has 9 heteroatoms. The molecular weight excluding hydrogens is 460 g/mol. The number of rotatable bonds is 3. The van der Waals surface area contributed by atoms with E-state index in [1.807, 2.05) is 48.4 Å². The first-order chi connectivity index (χ1) is 16.8. The molecule has 0 radical (unpaired) electrons. The number of fused-ring (bicyclic) bond motifs is 1. The number of benzene rings is 2. The summed E-state index contributed by atoms with van der Waals surface area (Å²) in [5.41, 5.74) is 0.403. The molecule has 35 heavy (non-hydrogen) atoms. The van der Waals surface area contributed by atoms with Gasteiger partial charge in [0, 0.05) is 30.6 Å². The van der Waals surface area contributed by atoms with Crippen LogP contribution < -0.4 is 10.6 Å². The number of aromatic hydroxyl groups is 2. The molecule has 0 fully saturated rings. The van der Waals surface area contributed by atoms with Gasteiger partial charge in [0.05, 0.1) is 23.4 Å². The second-order valence-electron chi connectivity index (χ2n) is 8.55. The Morgan fingerprint density at radius 1 is 1.06 bits per heavy atom. The molecule has 0 unspecified atom stereocenters. The molecule has 2 aromatic rings. The number of nitrogens with zero attached hydrogens (tertiary/aromatic N) is 4. The Morgan fingerprint density at radius 2 is 1.77 bits per heavy atom. The average Bonchev–Trinajstić information content (AvgIpc) is 2.86. The number of hydrogen-bond acceptors (Lipinski definition) is 7. The van der Waals surface area contributed by atoms with Gasteiger partial charge in [-0.05, 0) is 54.7 Å². The molecule has 1 aliphatic heterocycles. The molecule has 0 spiro atoms. The van der Waals surface area contributed by atoms with Crippen LogP contribution in [0.15, 0.2) is 71.5 Å². The Labute approximate surface area is 208 Å².